The van der Waals surface area contributed by atoms with Crippen LogP contribution in [0.2, 0.25) is 0 Å². The van der Waals surface area contributed by atoms with E-state index in [1.165, 1.54) is 0 Å². The van der Waals surface area contributed by atoms with Gasteiger partial charge in [0.25, 0.3) is 0 Å². The minimum Gasteiger partial charge on any atom is -0.496 e. The van der Waals surface area contributed by atoms with Gasteiger partial charge in [0.15, 0.2) is 5.82 Å². The number of hydrogen-bond donors (Lipinski definition) is 4. The zero-order valence-corrected chi connectivity index (χ0v) is 20.8. The smallest absolute Gasteiger partial charge is 0.222 e. The van der Waals surface area contributed by atoms with Gasteiger partial charge in [-0.3, -0.25) is 9.67 Å². The second kappa shape index (κ2) is 12.5. The van der Waals surface area contributed by atoms with Gasteiger partial charge in [-0.1, -0.05) is 13.3 Å². The molecule has 10 heteroatoms. The number of aromatic nitrogens is 5. The van der Waals surface area contributed by atoms with E-state index in [1.807, 2.05) is 17.8 Å². The molecule has 0 aromatic carbocycles. The molecule has 0 saturated carbocycles. The highest BCUT2D eigenvalue weighted by Crippen LogP contribution is 2.30. The summed E-state index contributed by atoms with van der Waals surface area (Å²) in [6.45, 7) is 9.44. The average Bonchev–Trinajstić information content (AvgIpc) is 3.15. The van der Waals surface area contributed by atoms with Gasteiger partial charge in [0.1, 0.15) is 16.8 Å². The molecule has 34 heavy (non-hydrogen) atoms. The van der Waals surface area contributed by atoms with E-state index in [4.69, 9.17) is 25.7 Å². The van der Waals surface area contributed by atoms with E-state index >= 15 is 0 Å². The second-order valence-electron chi connectivity index (χ2n) is 8.41. The fourth-order valence-electron chi connectivity index (χ4n) is 4.16. The Morgan fingerprint density at radius 1 is 1.26 bits per heavy atom. The SMILES string of the molecule is CCCCNc1nc(N)nc2c(C)nn(Cc3cnc(C4CCNCC4)cc3OC)c12.CCO. The van der Waals surface area contributed by atoms with Crippen LogP contribution in [0, 0.1) is 6.92 Å². The van der Waals surface area contributed by atoms with Crippen LogP contribution in [0.15, 0.2) is 12.3 Å². The number of nitrogens with two attached hydrogens (primary N) is 1. The first-order valence-electron chi connectivity index (χ1n) is 12.1. The minimum absolute atomic E-state index is 0.250. The quantitative estimate of drug-likeness (QED) is 0.366. The number of rotatable bonds is 8. The maximum absolute atomic E-state index is 7.57. The number of nitrogen functional groups attached to an aromatic ring is 1. The van der Waals surface area contributed by atoms with Crippen molar-refractivity contribution in [2.24, 2.45) is 0 Å². The van der Waals surface area contributed by atoms with Gasteiger partial charge in [0.05, 0.1) is 19.3 Å². The first-order chi connectivity index (χ1) is 16.5. The molecule has 1 aliphatic rings. The van der Waals surface area contributed by atoms with E-state index in [2.05, 4.69) is 33.6 Å². The number of pyridine rings is 1. The number of anilines is 2. The van der Waals surface area contributed by atoms with E-state index in [-0.39, 0.29) is 12.6 Å². The lowest BCUT2D eigenvalue weighted by atomic mass is 9.93. The molecule has 4 heterocycles. The zero-order chi connectivity index (χ0) is 24.5. The molecule has 0 atom stereocenters. The topological polar surface area (TPSA) is 136 Å². The van der Waals surface area contributed by atoms with Crippen molar-refractivity contribution in [2.45, 2.75) is 58.9 Å². The Bertz CT molecular complexity index is 1060. The van der Waals surface area contributed by atoms with Crippen LogP contribution in [0.5, 0.6) is 5.75 Å². The predicted molar refractivity (Wildman–Crippen MR) is 135 cm³/mol. The summed E-state index contributed by atoms with van der Waals surface area (Å²) in [7, 11) is 1.71. The third-order valence-corrected chi connectivity index (χ3v) is 5.86. The Morgan fingerprint density at radius 3 is 2.68 bits per heavy atom. The van der Waals surface area contributed by atoms with Gasteiger partial charge in [-0.15, -0.1) is 0 Å². The molecule has 0 unspecified atom stereocenters. The van der Waals surface area contributed by atoms with E-state index in [0.29, 0.717) is 12.5 Å². The van der Waals surface area contributed by atoms with Crippen LogP contribution in [0.4, 0.5) is 11.8 Å². The molecule has 0 radical (unpaired) electrons. The fraction of sp³-hybridized carbons (Fsp3) is 0.583. The summed E-state index contributed by atoms with van der Waals surface area (Å²) in [5, 5.41) is 19.1. The van der Waals surface area contributed by atoms with E-state index < -0.39 is 0 Å². The van der Waals surface area contributed by atoms with Crippen molar-refractivity contribution >= 4 is 22.8 Å². The third-order valence-electron chi connectivity index (χ3n) is 5.86. The molecular weight excluding hydrogens is 432 g/mol. The highest BCUT2D eigenvalue weighted by molar-refractivity contribution is 5.88. The molecule has 186 valence electrons. The highest BCUT2D eigenvalue weighted by Gasteiger charge is 2.20. The van der Waals surface area contributed by atoms with Gasteiger partial charge in [-0.2, -0.15) is 10.1 Å². The van der Waals surface area contributed by atoms with Crippen LogP contribution in [0.1, 0.15) is 62.4 Å². The molecule has 0 bridgehead atoms. The monoisotopic (exact) mass is 470 g/mol. The summed E-state index contributed by atoms with van der Waals surface area (Å²) >= 11 is 0. The van der Waals surface area contributed by atoms with Crippen LogP contribution in [-0.2, 0) is 6.54 Å². The molecule has 0 aliphatic carbocycles. The van der Waals surface area contributed by atoms with Crippen molar-refractivity contribution < 1.29 is 9.84 Å². The van der Waals surface area contributed by atoms with Crippen molar-refractivity contribution in [3.63, 3.8) is 0 Å². The minimum atomic E-state index is 0.250. The summed E-state index contributed by atoms with van der Waals surface area (Å²) in [6, 6.07) is 2.08. The number of aliphatic hydroxyl groups excluding tert-OH is 1. The maximum Gasteiger partial charge on any atom is 0.222 e. The number of aryl methyl sites for hydroxylation is 1. The fourth-order valence-corrected chi connectivity index (χ4v) is 4.16. The van der Waals surface area contributed by atoms with Crippen molar-refractivity contribution in [3.8, 4) is 5.75 Å². The van der Waals surface area contributed by atoms with Crippen LogP contribution < -0.4 is 21.1 Å². The lowest BCUT2D eigenvalue weighted by Crippen LogP contribution is -2.27. The number of piperidine rings is 1. The Balaban J connectivity index is 0.00000103. The van der Waals surface area contributed by atoms with E-state index in [1.54, 1.807) is 14.0 Å². The van der Waals surface area contributed by atoms with E-state index in [9.17, 15) is 0 Å². The summed E-state index contributed by atoms with van der Waals surface area (Å²) in [5.74, 6) is 2.28. The Kier molecular flexibility index (Phi) is 9.41. The number of aliphatic hydroxyl groups is 1. The summed E-state index contributed by atoms with van der Waals surface area (Å²) in [6.07, 6.45) is 6.27. The number of fused-ring (bicyclic) bond motifs is 1. The summed E-state index contributed by atoms with van der Waals surface area (Å²) in [5.41, 5.74) is 10.5. The van der Waals surface area contributed by atoms with Crippen LogP contribution in [0.25, 0.3) is 11.0 Å². The number of unbranched alkanes of at least 4 members (excludes halogenated alkanes) is 1. The average molecular weight is 471 g/mol. The largest absolute Gasteiger partial charge is 0.496 e. The van der Waals surface area contributed by atoms with Gasteiger partial charge in [-0.05, 0) is 46.2 Å². The number of nitrogens with zero attached hydrogens (tertiary/aromatic N) is 5. The molecule has 3 aromatic rings. The second-order valence-corrected chi connectivity index (χ2v) is 8.41. The van der Waals surface area contributed by atoms with Crippen molar-refractivity contribution in [2.75, 3.05) is 44.4 Å². The van der Waals surface area contributed by atoms with Gasteiger partial charge in [-0.25, -0.2) is 4.98 Å². The van der Waals surface area contributed by atoms with Crippen molar-refractivity contribution in [1.82, 2.24) is 30.0 Å². The number of methoxy groups -OCH3 is 1. The first-order valence-corrected chi connectivity index (χ1v) is 12.1. The number of ether oxygens (including phenoxy) is 1. The van der Waals surface area contributed by atoms with Gasteiger partial charge in [0, 0.05) is 42.6 Å². The van der Waals surface area contributed by atoms with Gasteiger partial charge in [0.2, 0.25) is 5.95 Å². The molecule has 1 fully saturated rings. The summed E-state index contributed by atoms with van der Waals surface area (Å²) < 4.78 is 7.65. The molecule has 1 saturated heterocycles. The first kappa shape index (κ1) is 25.6. The van der Waals surface area contributed by atoms with Crippen molar-refractivity contribution in [1.29, 1.82) is 0 Å². The lowest BCUT2D eigenvalue weighted by Gasteiger charge is -2.23. The molecule has 4 rings (SSSR count). The standard InChI is InChI=1S/C22H32N8O.C2H6O/c1-4-5-8-25-21-20-19(27-22(23)28-21)14(2)29-30(20)13-16-12-26-17(11-18(16)31-3)15-6-9-24-10-7-15;1-2-3/h11-12,15,24H,4-10,13H2,1-3H3,(H3,23,25,27,28);3H,2H2,1H3. The summed E-state index contributed by atoms with van der Waals surface area (Å²) in [4.78, 5) is 13.7. The Hall–Kier alpha value is -2.98. The normalized spacial score (nSPS) is 14.0. The Labute approximate surface area is 201 Å². The molecule has 0 spiro atoms. The molecule has 10 nitrogen and oxygen atoms in total. The Morgan fingerprint density at radius 2 is 2.00 bits per heavy atom. The zero-order valence-electron chi connectivity index (χ0n) is 20.8. The predicted octanol–water partition coefficient (Wildman–Crippen LogP) is 2.85. The van der Waals surface area contributed by atoms with Crippen LogP contribution >= 0.6 is 0 Å². The van der Waals surface area contributed by atoms with Gasteiger partial charge >= 0.3 is 0 Å². The highest BCUT2D eigenvalue weighted by atomic mass is 16.5. The molecule has 0 amide bonds. The molecule has 1 aliphatic heterocycles. The third kappa shape index (κ3) is 6.12. The number of nitrogens with one attached hydrogen (secondary N) is 2. The van der Waals surface area contributed by atoms with E-state index in [0.717, 1.165) is 84.9 Å². The molecule has 5 N–H and O–H groups in total. The maximum atomic E-state index is 7.57. The molecular formula is C24H38N8O2. The van der Waals surface area contributed by atoms with Crippen LogP contribution in [0.3, 0.4) is 0 Å². The van der Waals surface area contributed by atoms with Crippen LogP contribution in [-0.4, -0.2) is 63.2 Å². The number of hydrogen-bond acceptors (Lipinski definition) is 9. The van der Waals surface area contributed by atoms with Crippen molar-refractivity contribution in [3.05, 3.63) is 29.2 Å². The lowest BCUT2D eigenvalue weighted by molar-refractivity contribution is 0.318. The molecule has 3 aromatic heterocycles. The van der Waals surface area contributed by atoms with Gasteiger partial charge < -0.3 is 26.2 Å².